The van der Waals surface area contributed by atoms with E-state index < -0.39 is 0 Å². The molecular formula is C18H34Br2. The maximum absolute atomic E-state index is 3.49. The van der Waals surface area contributed by atoms with Crippen LogP contribution < -0.4 is 0 Å². The Balaban J connectivity index is 2.92. The van der Waals surface area contributed by atoms with E-state index in [4.69, 9.17) is 0 Å². The fourth-order valence-corrected chi connectivity index (χ4v) is 3.20. The molecule has 0 amide bonds. The molecule has 20 heavy (non-hydrogen) atoms. The highest BCUT2D eigenvalue weighted by Gasteiger charge is 1.94. The molecule has 0 N–H and O–H groups in total. The molecule has 0 saturated carbocycles. The number of hydrogen-bond donors (Lipinski definition) is 0. The lowest BCUT2D eigenvalue weighted by Crippen LogP contribution is -1.83. The first kappa shape index (κ1) is 20.7. The first-order chi connectivity index (χ1) is 9.91. The molecule has 0 aromatic heterocycles. The third-order valence-corrected chi connectivity index (χ3v) is 4.78. The van der Waals surface area contributed by atoms with Crippen LogP contribution in [-0.2, 0) is 0 Å². The third-order valence-electron chi connectivity index (χ3n) is 3.84. The van der Waals surface area contributed by atoms with Gasteiger partial charge in [-0.3, -0.25) is 0 Å². The molecule has 0 aliphatic carbocycles. The molecule has 0 aliphatic rings. The number of hydrogen-bond acceptors (Lipinski definition) is 0. The van der Waals surface area contributed by atoms with Gasteiger partial charge in [0.15, 0.2) is 0 Å². The summed E-state index contributed by atoms with van der Waals surface area (Å²) >= 11 is 6.80. The minimum Gasteiger partial charge on any atom is -0.0928 e. The quantitative estimate of drug-likeness (QED) is 0.178. The van der Waals surface area contributed by atoms with Crippen molar-refractivity contribution in [2.75, 3.05) is 5.33 Å². The van der Waals surface area contributed by atoms with Crippen molar-refractivity contribution in [1.29, 1.82) is 0 Å². The molecular weight excluding hydrogens is 376 g/mol. The Hall–Kier alpha value is 0.700. The Morgan fingerprint density at radius 2 is 0.850 bits per heavy atom. The zero-order valence-electron chi connectivity index (χ0n) is 13.2. The largest absolute Gasteiger partial charge is 0.0928 e. The van der Waals surface area contributed by atoms with E-state index in [0.717, 1.165) is 0 Å². The summed E-state index contributed by atoms with van der Waals surface area (Å²) in [4.78, 5) is 1.98. The van der Waals surface area contributed by atoms with Crippen LogP contribution in [0.4, 0.5) is 0 Å². The SMILES string of the molecule is BrC=CCCCCCCCCCCCCCCCCBr. The first-order valence-electron chi connectivity index (χ1n) is 8.73. The molecule has 2 heteroatoms. The van der Waals surface area contributed by atoms with Crippen LogP contribution in [0, 0.1) is 0 Å². The number of halogens is 2. The van der Waals surface area contributed by atoms with Gasteiger partial charge in [-0.15, -0.1) is 0 Å². The molecule has 0 radical (unpaired) electrons. The van der Waals surface area contributed by atoms with E-state index in [1.807, 2.05) is 4.99 Å². The highest BCUT2D eigenvalue weighted by Crippen LogP contribution is 2.13. The minimum absolute atomic E-state index is 1.18. The molecule has 0 aromatic carbocycles. The molecule has 0 fully saturated rings. The molecule has 0 nitrogen and oxygen atoms in total. The molecule has 0 saturated heterocycles. The van der Waals surface area contributed by atoms with Gasteiger partial charge in [-0.05, 0) is 24.2 Å². The molecule has 0 aromatic rings. The van der Waals surface area contributed by atoms with E-state index in [9.17, 15) is 0 Å². The monoisotopic (exact) mass is 408 g/mol. The summed E-state index contributed by atoms with van der Waals surface area (Å²) in [5.41, 5.74) is 0. The fraction of sp³-hybridized carbons (Fsp3) is 0.889. The van der Waals surface area contributed by atoms with Crippen molar-refractivity contribution in [1.82, 2.24) is 0 Å². The maximum atomic E-state index is 3.49. The topological polar surface area (TPSA) is 0 Å². The summed E-state index contributed by atoms with van der Waals surface area (Å²) in [5, 5.41) is 1.18. The zero-order chi connectivity index (χ0) is 14.7. The average molecular weight is 410 g/mol. The lowest BCUT2D eigenvalue weighted by Gasteiger charge is -2.03. The van der Waals surface area contributed by atoms with Gasteiger partial charge in [0.05, 0.1) is 0 Å². The predicted octanol–water partition coefficient (Wildman–Crippen LogP) is 8.14. The van der Waals surface area contributed by atoms with Crippen LogP contribution >= 0.6 is 31.9 Å². The summed E-state index contributed by atoms with van der Waals surface area (Å²) in [7, 11) is 0. The Labute approximate surface area is 144 Å². The van der Waals surface area contributed by atoms with Gasteiger partial charge in [-0.2, -0.15) is 0 Å². The molecule has 0 spiro atoms. The van der Waals surface area contributed by atoms with Crippen molar-refractivity contribution in [2.45, 2.75) is 96.3 Å². The van der Waals surface area contributed by atoms with Gasteiger partial charge in [0, 0.05) is 5.33 Å². The van der Waals surface area contributed by atoms with Gasteiger partial charge in [0.1, 0.15) is 0 Å². The summed E-state index contributed by atoms with van der Waals surface area (Å²) < 4.78 is 0. The second-order valence-corrected chi connectivity index (χ2v) is 7.11. The Bertz CT molecular complexity index is 190. The summed E-state index contributed by atoms with van der Waals surface area (Å²) in [6.45, 7) is 0. The van der Waals surface area contributed by atoms with Gasteiger partial charge in [0.25, 0.3) is 0 Å². The normalized spacial score (nSPS) is 11.5. The van der Waals surface area contributed by atoms with E-state index >= 15 is 0 Å². The van der Waals surface area contributed by atoms with E-state index in [-0.39, 0.29) is 0 Å². The van der Waals surface area contributed by atoms with Crippen LogP contribution in [0.5, 0.6) is 0 Å². The highest BCUT2D eigenvalue weighted by molar-refractivity contribution is 9.11. The summed E-state index contributed by atoms with van der Waals surface area (Å²) in [5.74, 6) is 0. The second kappa shape index (κ2) is 19.7. The zero-order valence-corrected chi connectivity index (χ0v) is 16.4. The van der Waals surface area contributed by atoms with Crippen LogP contribution in [0.3, 0.4) is 0 Å². The Morgan fingerprint density at radius 3 is 1.20 bits per heavy atom. The van der Waals surface area contributed by atoms with Gasteiger partial charge in [-0.25, -0.2) is 0 Å². The van der Waals surface area contributed by atoms with Crippen LogP contribution in [-0.4, -0.2) is 5.33 Å². The Kier molecular flexibility index (Phi) is 20.4. The lowest BCUT2D eigenvalue weighted by atomic mass is 10.0. The standard InChI is InChI=1S/C18H34Br2/c19-17-15-13-11-9-7-5-3-1-2-4-6-8-10-12-14-16-18-20/h15,17H,1-14,16,18H2. The highest BCUT2D eigenvalue weighted by atomic mass is 79.9. The third kappa shape index (κ3) is 18.7. The second-order valence-electron chi connectivity index (χ2n) is 5.79. The van der Waals surface area contributed by atoms with Crippen LogP contribution in [0.15, 0.2) is 11.1 Å². The molecule has 0 heterocycles. The molecule has 0 rings (SSSR count). The number of allylic oxidation sites excluding steroid dienone is 1. The lowest BCUT2D eigenvalue weighted by molar-refractivity contribution is 0.536. The number of alkyl halides is 1. The molecule has 0 unspecified atom stereocenters. The van der Waals surface area contributed by atoms with Crippen molar-refractivity contribution >= 4 is 31.9 Å². The van der Waals surface area contributed by atoms with Crippen molar-refractivity contribution < 1.29 is 0 Å². The predicted molar refractivity (Wildman–Crippen MR) is 101 cm³/mol. The van der Waals surface area contributed by atoms with Gasteiger partial charge in [-0.1, -0.05) is 115 Å². The van der Waals surface area contributed by atoms with Crippen molar-refractivity contribution in [3.8, 4) is 0 Å². The van der Waals surface area contributed by atoms with Crippen LogP contribution in [0.1, 0.15) is 96.3 Å². The van der Waals surface area contributed by atoms with Gasteiger partial charge < -0.3 is 0 Å². The van der Waals surface area contributed by atoms with Gasteiger partial charge in [0.2, 0.25) is 0 Å². The molecule has 0 aliphatic heterocycles. The number of rotatable bonds is 16. The van der Waals surface area contributed by atoms with Crippen molar-refractivity contribution in [3.05, 3.63) is 11.1 Å². The van der Waals surface area contributed by atoms with E-state index in [2.05, 4.69) is 37.9 Å². The number of unbranched alkanes of at least 4 members (excludes halogenated alkanes) is 14. The van der Waals surface area contributed by atoms with E-state index in [0.29, 0.717) is 0 Å². The van der Waals surface area contributed by atoms with Crippen LogP contribution in [0.2, 0.25) is 0 Å². The smallest absolute Gasteiger partial charge is 0.00313 e. The minimum atomic E-state index is 1.18. The molecule has 120 valence electrons. The van der Waals surface area contributed by atoms with E-state index in [1.54, 1.807) is 0 Å². The fourth-order valence-electron chi connectivity index (χ4n) is 2.54. The van der Waals surface area contributed by atoms with Crippen LogP contribution in [0.25, 0.3) is 0 Å². The van der Waals surface area contributed by atoms with Gasteiger partial charge >= 0.3 is 0 Å². The summed E-state index contributed by atoms with van der Waals surface area (Å²) in [6.07, 6.45) is 23.5. The van der Waals surface area contributed by atoms with E-state index in [1.165, 1.54) is 102 Å². The molecule has 0 bridgehead atoms. The van der Waals surface area contributed by atoms with Crippen molar-refractivity contribution in [2.24, 2.45) is 0 Å². The summed E-state index contributed by atoms with van der Waals surface area (Å²) in [6, 6.07) is 0. The maximum Gasteiger partial charge on any atom is 0.00313 e. The van der Waals surface area contributed by atoms with Crippen molar-refractivity contribution in [3.63, 3.8) is 0 Å². The molecule has 0 atom stereocenters. The Morgan fingerprint density at radius 1 is 0.500 bits per heavy atom. The average Bonchev–Trinajstić information content (AvgIpc) is 2.47. The first-order valence-corrected chi connectivity index (χ1v) is 10.8.